The van der Waals surface area contributed by atoms with Crippen molar-refractivity contribution in [2.75, 3.05) is 32.2 Å². The van der Waals surface area contributed by atoms with E-state index in [0.29, 0.717) is 6.54 Å². The highest BCUT2D eigenvalue weighted by atomic mass is 32.2. The van der Waals surface area contributed by atoms with Crippen molar-refractivity contribution in [1.29, 1.82) is 0 Å². The molecule has 1 aliphatic heterocycles. The van der Waals surface area contributed by atoms with Crippen LogP contribution in [0.4, 0.5) is 9.18 Å². The second kappa shape index (κ2) is 9.71. The molecular weight excluding hydrogens is 337 g/mol. The van der Waals surface area contributed by atoms with E-state index in [-0.39, 0.29) is 24.8 Å². The summed E-state index contributed by atoms with van der Waals surface area (Å²) in [6.45, 7) is 3.83. The molecule has 1 rings (SSSR count). The molecule has 0 bridgehead atoms. The lowest BCUT2D eigenvalue weighted by Gasteiger charge is -2.29. The number of carbonyl (C=O) groups excluding carboxylic acids is 3. The maximum Gasteiger partial charge on any atom is 0.407 e. The van der Waals surface area contributed by atoms with E-state index in [1.165, 1.54) is 12.0 Å². The van der Waals surface area contributed by atoms with E-state index < -0.39 is 30.3 Å². The average Bonchev–Trinajstić information content (AvgIpc) is 2.93. The monoisotopic (exact) mass is 363 g/mol. The molecule has 2 N–H and O–H groups in total. The SMILES string of the molecule is COC(=O)NC(C(=O)N1CC(F)CC1C(=O)NCCSC)C(C)C. The minimum absolute atomic E-state index is 0.0279. The molecule has 24 heavy (non-hydrogen) atoms. The molecule has 3 amide bonds. The van der Waals surface area contributed by atoms with E-state index >= 15 is 0 Å². The fourth-order valence-corrected chi connectivity index (χ4v) is 2.86. The third kappa shape index (κ3) is 5.54. The fraction of sp³-hybridized carbons (Fsp3) is 0.800. The van der Waals surface area contributed by atoms with Crippen LogP contribution in [0.25, 0.3) is 0 Å². The number of carbonyl (C=O) groups is 3. The molecule has 9 heteroatoms. The zero-order valence-electron chi connectivity index (χ0n) is 14.5. The van der Waals surface area contributed by atoms with Crippen LogP contribution in [0.15, 0.2) is 0 Å². The lowest BCUT2D eigenvalue weighted by Crippen LogP contribution is -2.55. The van der Waals surface area contributed by atoms with Gasteiger partial charge in [0.05, 0.1) is 13.7 Å². The van der Waals surface area contributed by atoms with Gasteiger partial charge in [0.25, 0.3) is 0 Å². The summed E-state index contributed by atoms with van der Waals surface area (Å²) < 4.78 is 18.4. The highest BCUT2D eigenvalue weighted by molar-refractivity contribution is 7.98. The summed E-state index contributed by atoms with van der Waals surface area (Å²) in [7, 11) is 1.20. The van der Waals surface area contributed by atoms with Crippen molar-refractivity contribution >= 4 is 29.7 Å². The van der Waals surface area contributed by atoms with Crippen LogP contribution in [0, 0.1) is 5.92 Å². The number of halogens is 1. The van der Waals surface area contributed by atoms with Crippen LogP contribution in [-0.4, -0.2) is 73.3 Å². The molecular formula is C15H26FN3O4S. The van der Waals surface area contributed by atoms with E-state index in [4.69, 9.17) is 0 Å². The maximum atomic E-state index is 13.8. The average molecular weight is 363 g/mol. The number of thioether (sulfide) groups is 1. The summed E-state index contributed by atoms with van der Waals surface area (Å²) in [4.78, 5) is 37.7. The predicted octanol–water partition coefficient (Wildman–Crippen LogP) is 0.785. The number of rotatable bonds is 7. The van der Waals surface area contributed by atoms with Crippen LogP contribution in [-0.2, 0) is 14.3 Å². The summed E-state index contributed by atoms with van der Waals surface area (Å²) >= 11 is 1.58. The Morgan fingerprint density at radius 3 is 2.58 bits per heavy atom. The molecule has 1 aliphatic rings. The molecule has 0 aromatic rings. The summed E-state index contributed by atoms with van der Waals surface area (Å²) in [5.74, 6) is -0.321. The number of ether oxygens (including phenoxy) is 1. The van der Waals surface area contributed by atoms with Crippen molar-refractivity contribution in [3.8, 4) is 0 Å². The van der Waals surface area contributed by atoms with Crippen molar-refractivity contribution in [3.05, 3.63) is 0 Å². The van der Waals surface area contributed by atoms with Crippen molar-refractivity contribution in [1.82, 2.24) is 15.5 Å². The third-order valence-electron chi connectivity index (χ3n) is 3.83. The van der Waals surface area contributed by atoms with Gasteiger partial charge in [-0.1, -0.05) is 13.8 Å². The number of amides is 3. The second-order valence-electron chi connectivity index (χ2n) is 5.98. The number of nitrogens with one attached hydrogen (secondary N) is 2. The third-order valence-corrected chi connectivity index (χ3v) is 4.45. The number of hydrogen-bond donors (Lipinski definition) is 2. The van der Waals surface area contributed by atoms with E-state index in [1.54, 1.807) is 25.6 Å². The van der Waals surface area contributed by atoms with Gasteiger partial charge in [-0.05, 0) is 12.2 Å². The van der Waals surface area contributed by atoms with Crippen LogP contribution in [0.3, 0.4) is 0 Å². The van der Waals surface area contributed by atoms with Gasteiger partial charge >= 0.3 is 6.09 Å². The van der Waals surface area contributed by atoms with Gasteiger partial charge in [0.15, 0.2) is 0 Å². The maximum absolute atomic E-state index is 13.8. The molecule has 3 atom stereocenters. The zero-order chi connectivity index (χ0) is 18.3. The first-order valence-corrected chi connectivity index (χ1v) is 9.26. The molecule has 138 valence electrons. The first kappa shape index (κ1) is 20.5. The Labute approximate surface area is 146 Å². The highest BCUT2D eigenvalue weighted by Crippen LogP contribution is 2.23. The number of likely N-dealkylation sites (tertiary alicyclic amines) is 1. The lowest BCUT2D eigenvalue weighted by molar-refractivity contribution is -0.140. The van der Waals surface area contributed by atoms with E-state index in [1.807, 2.05) is 6.26 Å². The molecule has 1 fully saturated rings. The number of alkyl halides is 1. The van der Waals surface area contributed by atoms with E-state index in [9.17, 15) is 18.8 Å². The first-order valence-electron chi connectivity index (χ1n) is 7.87. The Kier molecular flexibility index (Phi) is 8.30. The van der Waals surface area contributed by atoms with Crippen molar-refractivity contribution in [3.63, 3.8) is 0 Å². The molecule has 3 unspecified atom stereocenters. The lowest BCUT2D eigenvalue weighted by atomic mass is 10.0. The number of hydrogen-bond acceptors (Lipinski definition) is 5. The van der Waals surface area contributed by atoms with Crippen LogP contribution in [0.2, 0.25) is 0 Å². The Morgan fingerprint density at radius 1 is 1.38 bits per heavy atom. The standard InChI is InChI=1S/C15H26FN3O4S/c1-9(2)12(18-15(22)23-3)14(21)19-8-10(16)7-11(19)13(20)17-5-6-24-4/h9-12H,5-8H2,1-4H3,(H,17,20)(H,18,22). The Balaban J connectivity index is 2.83. The Hall–Kier alpha value is -1.51. The molecule has 1 heterocycles. The Bertz CT molecular complexity index is 464. The molecule has 0 aliphatic carbocycles. The quantitative estimate of drug-likeness (QED) is 0.653. The van der Waals surface area contributed by atoms with Crippen LogP contribution < -0.4 is 10.6 Å². The van der Waals surface area contributed by atoms with Gasteiger partial charge in [-0.3, -0.25) is 9.59 Å². The predicted molar refractivity (Wildman–Crippen MR) is 90.6 cm³/mol. The minimum Gasteiger partial charge on any atom is -0.453 e. The van der Waals surface area contributed by atoms with E-state index in [2.05, 4.69) is 15.4 Å². The van der Waals surface area contributed by atoms with Gasteiger partial charge in [0.2, 0.25) is 11.8 Å². The fourth-order valence-electron chi connectivity index (χ4n) is 2.55. The second-order valence-corrected chi connectivity index (χ2v) is 6.97. The molecule has 0 saturated carbocycles. The van der Waals surface area contributed by atoms with Gasteiger partial charge in [-0.25, -0.2) is 9.18 Å². The normalized spacial score (nSPS) is 21.5. The summed E-state index contributed by atoms with van der Waals surface area (Å²) in [5.41, 5.74) is 0. The topological polar surface area (TPSA) is 87.7 Å². The van der Waals surface area contributed by atoms with Gasteiger partial charge in [-0.2, -0.15) is 11.8 Å². The molecule has 7 nitrogen and oxygen atoms in total. The van der Waals surface area contributed by atoms with Crippen LogP contribution >= 0.6 is 11.8 Å². The first-order chi connectivity index (χ1) is 11.3. The van der Waals surface area contributed by atoms with Crippen molar-refractivity contribution in [2.24, 2.45) is 5.92 Å². The van der Waals surface area contributed by atoms with Crippen LogP contribution in [0.5, 0.6) is 0 Å². The minimum atomic E-state index is -1.25. The number of nitrogens with zero attached hydrogens (tertiary/aromatic N) is 1. The largest absolute Gasteiger partial charge is 0.453 e. The molecule has 0 aromatic heterocycles. The highest BCUT2D eigenvalue weighted by Gasteiger charge is 2.42. The zero-order valence-corrected chi connectivity index (χ0v) is 15.3. The van der Waals surface area contributed by atoms with Gasteiger partial charge in [0.1, 0.15) is 18.3 Å². The molecule has 0 radical (unpaired) electrons. The Morgan fingerprint density at radius 2 is 2.04 bits per heavy atom. The van der Waals surface area contributed by atoms with Gasteiger partial charge in [0, 0.05) is 18.7 Å². The number of methoxy groups -OCH3 is 1. The van der Waals surface area contributed by atoms with Crippen molar-refractivity contribution < 1.29 is 23.5 Å². The molecule has 0 spiro atoms. The van der Waals surface area contributed by atoms with Crippen molar-refractivity contribution in [2.45, 2.75) is 38.5 Å². The summed E-state index contributed by atoms with van der Waals surface area (Å²) in [5, 5.41) is 5.18. The smallest absolute Gasteiger partial charge is 0.407 e. The van der Waals surface area contributed by atoms with Crippen LogP contribution in [0.1, 0.15) is 20.3 Å². The van der Waals surface area contributed by atoms with Gasteiger partial charge < -0.3 is 20.3 Å². The van der Waals surface area contributed by atoms with E-state index in [0.717, 1.165) is 5.75 Å². The molecule has 0 aromatic carbocycles. The number of alkyl carbamates (subject to hydrolysis) is 1. The molecule has 1 saturated heterocycles. The summed E-state index contributed by atoms with van der Waals surface area (Å²) in [6.07, 6.45) is -0.101. The van der Waals surface area contributed by atoms with Gasteiger partial charge in [-0.15, -0.1) is 0 Å². The summed E-state index contributed by atoms with van der Waals surface area (Å²) in [6, 6.07) is -1.72.